The fourth-order valence-electron chi connectivity index (χ4n) is 3.68. The molecule has 0 N–H and O–H groups in total. The van der Waals surface area contributed by atoms with Gasteiger partial charge in [0.1, 0.15) is 0 Å². The van der Waals surface area contributed by atoms with Crippen molar-refractivity contribution in [2.24, 2.45) is 5.92 Å². The lowest BCUT2D eigenvalue weighted by molar-refractivity contribution is -0.153. The second-order valence-corrected chi connectivity index (χ2v) is 7.79. The second-order valence-electron chi connectivity index (χ2n) is 7.79. The van der Waals surface area contributed by atoms with Crippen LogP contribution in [0.3, 0.4) is 0 Å². The van der Waals surface area contributed by atoms with Gasteiger partial charge < -0.3 is 4.74 Å². The maximum atomic E-state index is 11.3. The number of carbonyl (C=O) groups is 2. The molecule has 0 aromatic rings. The zero-order valence-corrected chi connectivity index (χ0v) is 16.5. The van der Waals surface area contributed by atoms with Gasteiger partial charge in [-0.25, -0.2) is 0 Å². The van der Waals surface area contributed by atoms with Gasteiger partial charge >= 0.3 is 11.9 Å². The topological polar surface area (TPSA) is 43.4 Å². The summed E-state index contributed by atoms with van der Waals surface area (Å²) in [6.45, 7) is 2.28. The van der Waals surface area contributed by atoms with Gasteiger partial charge in [0, 0.05) is 0 Å². The molecule has 0 amide bonds. The molecule has 0 radical (unpaired) electrons. The first-order valence-electron chi connectivity index (χ1n) is 11.0. The van der Waals surface area contributed by atoms with Crippen LogP contribution in [0.25, 0.3) is 0 Å². The largest absolute Gasteiger partial charge is 0.393 e. The van der Waals surface area contributed by atoms with Crippen LogP contribution in [0.1, 0.15) is 122 Å². The Hall–Kier alpha value is -0.860. The van der Waals surface area contributed by atoms with Crippen molar-refractivity contribution in [2.75, 3.05) is 0 Å². The van der Waals surface area contributed by atoms with E-state index < -0.39 is 0 Å². The number of hydrogen-bond donors (Lipinski definition) is 0. The monoisotopic (exact) mass is 352 g/mol. The van der Waals surface area contributed by atoms with Crippen LogP contribution in [0.4, 0.5) is 0 Å². The van der Waals surface area contributed by atoms with Crippen LogP contribution in [0.5, 0.6) is 0 Å². The molecule has 1 aliphatic heterocycles. The van der Waals surface area contributed by atoms with E-state index in [1.54, 1.807) is 0 Å². The van der Waals surface area contributed by atoms with Crippen molar-refractivity contribution in [3.8, 4) is 0 Å². The molecule has 0 aromatic heterocycles. The number of cyclic esters (lactones) is 2. The van der Waals surface area contributed by atoms with Crippen LogP contribution in [-0.4, -0.2) is 11.9 Å². The number of rotatable bonds is 17. The summed E-state index contributed by atoms with van der Waals surface area (Å²) in [4.78, 5) is 22.3. The van der Waals surface area contributed by atoms with E-state index in [1.807, 2.05) is 0 Å². The molecule has 146 valence electrons. The average molecular weight is 353 g/mol. The van der Waals surface area contributed by atoms with Crippen molar-refractivity contribution in [2.45, 2.75) is 122 Å². The first-order chi connectivity index (χ1) is 12.2. The molecule has 0 bridgehead atoms. The smallest absolute Gasteiger partial charge is 0.317 e. The minimum atomic E-state index is -0.341. The Balaban J connectivity index is 1.72. The lowest BCUT2D eigenvalue weighted by Gasteiger charge is -2.05. The lowest BCUT2D eigenvalue weighted by atomic mass is 9.98. The van der Waals surface area contributed by atoms with Crippen LogP contribution in [0.15, 0.2) is 0 Å². The van der Waals surface area contributed by atoms with E-state index in [0.717, 1.165) is 12.8 Å². The Bertz CT molecular complexity index is 351. The molecular weight excluding hydrogens is 312 g/mol. The predicted octanol–water partition coefficient (Wildman–Crippen LogP) is 6.73. The molecule has 1 aliphatic rings. The normalized spacial score (nSPS) is 17.2. The summed E-state index contributed by atoms with van der Waals surface area (Å²) < 4.78 is 4.58. The molecule has 1 rings (SSSR count). The number of hydrogen-bond acceptors (Lipinski definition) is 3. The van der Waals surface area contributed by atoms with E-state index in [2.05, 4.69) is 11.7 Å². The van der Waals surface area contributed by atoms with Crippen molar-refractivity contribution in [1.82, 2.24) is 0 Å². The van der Waals surface area contributed by atoms with Crippen LogP contribution in [-0.2, 0) is 14.3 Å². The van der Waals surface area contributed by atoms with Gasteiger partial charge in [-0.05, 0) is 6.42 Å². The van der Waals surface area contributed by atoms with Gasteiger partial charge in [-0.2, -0.15) is 0 Å². The van der Waals surface area contributed by atoms with Crippen molar-refractivity contribution in [3.05, 3.63) is 0 Å². The highest BCUT2D eigenvalue weighted by atomic mass is 16.6. The number of carbonyl (C=O) groups excluding carboxylic acids is 2. The summed E-state index contributed by atoms with van der Waals surface area (Å²) in [6.07, 6.45) is 22.8. The quantitative estimate of drug-likeness (QED) is 0.166. The second kappa shape index (κ2) is 15.4. The van der Waals surface area contributed by atoms with Crippen molar-refractivity contribution < 1.29 is 14.3 Å². The molecule has 3 nitrogen and oxygen atoms in total. The van der Waals surface area contributed by atoms with Gasteiger partial charge in [0.2, 0.25) is 0 Å². The molecule has 0 aromatic carbocycles. The molecule has 0 spiro atoms. The Morgan fingerprint density at radius 3 is 1.44 bits per heavy atom. The molecule has 25 heavy (non-hydrogen) atoms. The Morgan fingerprint density at radius 2 is 1.08 bits per heavy atom. The highest BCUT2D eigenvalue weighted by Crippen LogP contribution is 2.22. The summed E-state index contributed by atoms with van der Waals surface area (Å²) in [5, 5.41) is 0. The Kier molecular flexibility index (Phi) is 13.7. The maximum Gasteiger partial charge on any atom is 0.317 e. The van der Waals surface area contributed by atoms with E-state index in [1.165, 1.54) is 96.3 Å². The molecule has 0 aliphatic carbocycles. The van der Waals surface area contributed by atoms with Crippen LogP contribution >= 0.6 is 0 Å². The highest BCUT2D eigenvalue weighted by molar-refractivity contribution is 5.94. The third-order valence-electron chi connectivity index (χ3n) is 5.37. The summed E-state index contributed by atoms with van der Waals surface area (Å²) in [5.41, 5.74) is 0. The minimum absolute atomic E-state index is 0.154. The Morgan fingerprint density at radius 1 is 0.680 bits per heavy atom. The molecule has 3 heteroatoms. The summed E-state index contributed by atoms with van der Waals surface area (Å²) in [5.74, 6) is -0.795. The van der Waals surface area contributed by atoms with Gasteiger partial charge in [-0.1, -0.05) is 110 Å². The predicted molar refractivity (Wildman–Crippen MR) is 103 cm³/mol. The zero-order chi connectivity index (χ0) is 18.2. The zero-order valence-electron chi connectivity index (χ0n) is 16.5. The SMILES string of the molecule is CCCCCCCCCCCCCCCCCC[C@@H]1CC(=O)OC1=O. The van der Waals surface area contributed by atoms with E-state index in [4.69, 9.17) is 0 Å². The molecule has 0 saturated carbocycles. The van der Waals surface area contributed by atoms with Gasteiger partial charge in [-0.3, -0.25) is 9.59 Å². The van der Waals surface area contributed by atoms with E-state index >= 15 is 0 Å². The molecule has 1 heterocycles. The number of esters is 2. The van der Waals surface area contributed by atoms with Crippen molar-refractivity contribution in [3.63, 3.8) is 0 Å². The van der Waals surface area contributed by atoms with E-state index in [9.17, 15) is 9.59 Å². The molecular formula is C22H40O3. The summed E-state index contributed by atoms with van der Waals surface area (Å²) in [7, 11) is 0. The number of unbranched alkanes of at least 4 members (excludes halogenated alkanes) is 15. The van der Waals surface area contributed by atoms with Crippen LogP contribution in [0, 0.1) is 5.92 Å². The Labute approximate surface area is 155 Å². The lowest BCUT2D eigenvalue weighted by Crippen LogP contribution is -2.06. The molecule has 1 atom stereocenters. The highest BCUT2D eigenvalue weighted by Gasteiger charge is 2.32. The van der Waals surface area contributed by atoms with Gasteiger partial charge in [0.25, 0.3) is 0 Å². The minimum Gasteiger partial charge on any atom is -0.393 e. The number of ether oxygens (including phenoxy) is 1. The first kappa shape index (κ1) is 22.2. The third kappa shape index (κ3) is 12.2. The maximum absolute atomic E-state index is 11.3. The fraction of sp³-hybridized carbons (Fsp3) is 0.909. The third-order valence-corrected chi connectivity index (χ3v) is 5.37. The van der Waals surface area contributed by atoms with Gasteiger partial charge in [-0.15, -0.1) is 0 Å². The van der Waals surface area contributed by atoms with Crippen molar-refractivity contribution in [1.29, 1.82) is 0 Å². The first-order valence-corrected chi connectivity index (χ1v) is 11.0. The fourth-order valence-corrected chi connectivity index (χ4v) is 3.68. The van der Waals surface area contributed by atoms with E-state index in [-0.39, 0.29) is 17.9 Å². The van der Waals surface area contributed by atoms with Gasteiger partial charge in [0.05, 0.1) is 12.3 Å². The summed E-state index contributed by atoms with van der Waals surface area (Å²) >= 11 is 0. The standard InChI is InChI=1S/C22H40O3/c1-2-3-4-5-6-7-8-9-10-11-12-13-14-15-16-17-18-20-19-21(23)25-22(20)24/h20H,2-19H2,1H3/t20-/m1/s1. The molecule has 1 fully saturated rings. The summed E-state index contributed by atoms with van der Waals surface area (Å²) in [6, 6.07) is 0. The van der Waals surface area contributed by atoms with Gasteiger partial charge in [0.15, 0.2) is 0 Å². The average Bonchev–Trinajstić information content (AvgIpc) is 2.92. The molecule has 1 saturated heterocycles. The van der Waals surface area contributed by atoms with Crippen molar-refractivity contribution >= 4 is 11.9 Å². The van der Waals surface area contributed by atoms with Crippen LogP contribution < -0.4 is 0 Å². The van der Waals surface area contributed by atoms with Crippen LogP contribution in [0.2, 0.25) is 0 Å². The van der Waals surface area contributed by atoms with E-state index in [0.29, 0.717) is 6.42 Å². The molecule has 0 unspecified atom stereocenters.